The summed E-state index contributed by atoms with van der Waals surface area (Å²) in [6.45, 7) is 1.26. The molecule has 1 unspecified atom stereocenters. The summed E-state index contributed by atoms with van der Waals surface area (Å²) in [6.07, 6.45) is -0.171. The predicted molar refractivity (Wildman–Crippen MR) is 97.8 cm³/mol. The summed E-state index contributed by atoms with van der Waals surface area (Å²) in [7, 11) is 2.69. The number of aromatic nitrogens is 3. The van der Waals surface area contributed by atoms with Crippen LogP contribution in [0.15, 0.2) is 26.9 Å². The number of rotatable bonds is 5. The Bertz CT molecular complexity index is 1080. The van der Waals surface area contributed by atoms with Gasteiger partial charge in [0.25, 0.3) is 0 Å². The first kappa shape index (κ1) is 20.5. The largest absolute Gasteiger partial charge is 0.478 e. The van der Waals surface area contributed by atoms with Gasteiger partial charge in [0, 0.05) is 19.7 Å². The third kappa shape index (κ3) is 3.98. The summed E-state index contributed by atoms with van der Waals surface area (Å²) in [5, 5.41) is 12.1. The Balaban J connectivity index is 2.63. The van der Waals surface area contributed by atoms with Crippen LogP contribution in [0.5, 0.6) is 0 Å². The molecule has 0 saturated carbocycles. The van der Waals surface area contributed by atoms with Crippen molar-refractivity contribution in [2.24, 2.45) is 19.3 Å². The molecule has 9 nitrogen and oxygen atoms in total. The van der Waals surface area contributed by atoms with Crippen LogP contribution in [-0.2, 0) is 23.7 Å². The van der Waals surface area contributed by atoms with Gasteiger partial charge in [-0.3, -0.25) is 9.13 Å². The number of benzene rings is 1. The highest BCUT2D eigenvalue weighted by Crippen LogP contribution is 2.21. The van der Waals surface area contributed by atoms with Gasteiger partial charge >= 0.3 is 17.3 Å². The second kappa shape index (κ2) is 7.84. The Labute approximate surface area is 161 Å². The molecule has 0 bridgehead atoms. The first-order valence-electron chi connectivity index (χ1n) is 7.36. The van der Waals surface area contributed by atoms with Crippen molar-refractivity contribution in [3.8, 4) is 5.69 Å². The summed E-state index contributed by atoms with van der Waals surface area (Å²) in [4.78, 5) is 40.2. The minimum absolute atomic E-state index is 0.0338. The number of carboxylic acid groups (broad SMARTS) is 1. The van der Waals surface area contributed by atoms with E-state index >= 15 is 0 Å². The maximum Gasteiger partial charge on any atom is 0.347 e. The zero-order valence-corrected chi connectivity index (χ0v) is 15.9. The fraction of sp³-hybridized carbons (Fsp3) is 0.267. The summed E-state index contributed by atoms with van der Waals surface area (Å²) in [5.41, 5.74) is -1.96. The lowest BCUT2D eigenvalue weighted by Crippen LogP contribution is -2.43. The van der Waals surface area contributed by atoms with E-state index in [4.69, 9.17) is 33.8 Å². The molecule has 1 aromatic carbocycles. The molecule has 27 heavy (non-hydrogen) atoms. The quantitative estimate of drug-likeness (QED) is 0.446. The van der Waals surface area contributed by atoms with E-state index in [9.17, 15) is 18.8 Å². The SMILES string of the molecule is CC(O/N=C/c1cc(-n2c(=O)n(C)c(=S)n(C)c2=O)c(F)cc1Cl)C(=O)O. The fourth-order valence-corrected chi connectivity index (χ4v) is 2.38. The van der Waals surface area contributed by atoms with Gasteiger partial charge in [-0.1, -0.05) is 16.8 Å². The van der Waals surface area contributed by atoms with Gasteiger partial charge in [0.15, 0.2) is 4.77 Å². The van der Waals surface area contributed by atoms with Gasteiger partial charge in [-0.05, 0) is 31.3 Å². The second-order valence-electron chi connectivity index (χ2n) is 5.45. The number of carboxylic acids is 1. The molecule has 0 spiro atoms. The standard InChI is InChI=1S/C15H14ClFN4O5S/c1-7(12(22)23)26-18-6-8-4-11(10(17)5-9(8)16)21-13(24)19(2)15(27)20(3)14(21)25/h4-7H,1-3H3,(H,22,23)/b18-6+. The van der Waals surface area contributed by atoms with Crippen LogP contribution < -0.4 is 11.4 Å². The van der Waals surface area contributed by atoms with Crippen LogP contribution in [0.2, 0.25) is 5.02 Å². The van der Waals surface area contributed by atoms with Crippen molar-refractivity contribution in [2.75, 3.05) is 0 Å². The average Bonchev–Trinajstić information content (AvgIpc) is 2.61. The molecule has 12 heteroatoms. The van der Waals surface area contributed by atoms with Crippen LogP contribution in [0.4, 0.5) is 4.39 Å². The van der Waals surface area contributed by atoms with E-state index in [0.717, 1.165) is 27.5 Å². The Morgan fingerprint density at radius 2 is 1.89 bits per heavy atom. The van der Waals surface area contributed by atoms with Crippen molar-refractivity contribution in [1.82, 2.24) is 13.7 Å². The van der Waals surface area contributed by atoms with Gasteiger partial charge < -0.3 is 9.94 Å². The monoisotopic (exact) mass is 416 g/mol. The molecular weight excluding hydrogens is 403 g/mol. The topological polar surface area (TPSA) is 108 Å². The molecule has 0 aliphatic heterocycles. The lowest BCUT2D eigenvalue weighted by molar-refractivity contribution is -0.149. The molecule has 0 radical (unpaired) electrons. The number of aliphatic carboxylic acids is 1. The van der Waals surface area contributed by atoms with E-state index in [2.05, 4.69) is 5.16 Å². The number of carbonyl (C=O) groups is 1. The summed E-state index contributed by atoms with van der Waals surface area (Å²) in [5.74, 6) is -2.15. The smallest absolute Gasteiger partial charge is 0.347 e. The highest BCUT2D eigenvalue weighted by atomic mass is 35.5. The molecule has 1 heterocycles. The van der Waals surface area contributed by atoms with Gasteiger partial charge in [0.2, 0.25) is 6.10 Å². The maximum absolute atomic E-state index is 14.4. The number of nitrogens with zero attached hydrogens (tertiary/aromatic N) is 4. The number of hydrogen-bond donors (Lipinski definition) is 1. The van der Waals surface area contributed by atoms with Crippen LogP contribution in [0.1, 0.15) is 12.5 Å². The van der Waals surface area contributed by atoms with Gasteiger partial charge in [-0.15, -0.1) is 0 Å². The van der Waals surface area contributed by atoms with Crippen LogP contribution >= 0.6 is 23.8 Å². The predicted octanol–water partition coefficient (Wildman–Crippen LogP) is 1.22. The second-order valence-corrected chi connectivity index (χ2v) is 6.22. The third-order valence-corrected chi connectivity index (χ3v) is 4.47. The number of hydrogen-bond acceptors (Lipinski definition) is 6. The average molecular weight is 417 g/mol. The van der Waals surface area contributed by atoms with E-state index in [-0.39, 0.29) is 21.0 Å². The summed E-state index contributed by atoms with van der Waals surface area (Å²) in [6, 6.07) is 2.01. The molecule has 2 rings (SSSR count). The zero-order valence-electron chi connectivity index (χ0n) is 14.3. The van der Waals surface area contributed by atoms with Gasteiger partial charge in [0.1, 0.15) is 5.82 Å². The Kier molecular flexibility index (Phi) is 5.96. The molecule has 2 aromatic rings. The molecule has 1 atom stereocenters. The third-order valence-electron chi connectivity index (χ3n) is 3.60. The summed E-state index contributed by atoms with van der Waals surface area (Å²) >= 11 is 10.9. The van der Waals surface area contributed by atoms with E-state index in [1.54, 1.807) is 0 Å². The van der Waals surface area contributed by atoms with E-state index in [1.165, 1.54) is 21.0 Å². The van der Waals surface area contributed by atoms with Crippen molar-refractivity contribution in [3.05, 3.63) is 54.3 Å². The number of oxime groups is 1. The summed E-state index contributed by atoms with van der Waals surface area (Å²) < 4.78 is 17.0. The molecule has 0 amide bonds. The Morgan fingerprint density at radius 3 is 2.41 bits per heavy atom. The highest BCUT2D eigenvalue weighted by molar-refractivity contribution is 7.71. The van der Waals surface area contributed by atoms with Crippen LogP contribution in [0, 0.1) is 10.6 Å². The van der Waals surface area contributed by atoms with Crippen molar-refractivity contribution in [2.45, 2.75) is 13.0 Å². The number of halogens is 2. The van der Waals surface area contributed by atoms with Gasteiger partial charge in [-0.25, -0.2) is 23.3 Å². The highest BCUT2D eigenvalue weighted by Gasteiger charge is 2.17. The van der Waals surface area contributed by atoms with Crippen LogP contribution in [-0.4, -0.2) is 37.1 Å². The van der Waals surface area contributed by atoms with E-state index in [0.29, 0.717) is 4.57 Å². The molecule has 1 N–H and O–H groups in total. The molecular formula is C15H14ClFN4O5S. The molecule has 0 aliphatic rings. The molecule has 0 aliphatic carbocycles. The Hall–Kier alpha value is -2.79. The molecule has 0 saturated heterocycles. The van der Waals surface area contributed by atoms with Crippen LogP contribution in [0.25, 0.3) is 5.69 Å². The normalized spacial score (nSPS) is 12.3. The van der Waals surface area contributed by atoms with Gasteiger partial charge in [-0.2, -0.15) is 0 Å². The molecule has 144 valence electrons. The van der Waals surface area contributed by atoms with Crippen molar-refractivity contribution < 1.29 is 19.1 Å². The lowest BCUT2D eigenvalue weighted by atomic mass is 10.2. The van der Waals surface area contributed by atoms with Crippen molar-refractivity contribution in [3.63, 3.8) is 0 Å². The molecule has 0 fully saturated rings. The first-order chi connectivity index (χ1) is 12.6. The maximum atomic E-state index is 14.4. The van der Waals surface area contributed by atoms with Crippen LogP contribution in [0.3, 0.4) is 0 Å². The lowest BCUT2D eigenvalue weighted by Gasteiger charge is -2.12. The minimum atomic E-state index is -1.23. The fourth-order valence-electron chi connectivity index (χ4n) is 2.02. The van der Waals surface area contributed by atoms with Crippen molar-refractivity contribution >= 4 is 36.0 Å². The van der Waals surface area contributed by atoms with E-state index in [1.807, 2.05) is 0 Å². The molecule has 1 aromatic heterocycles. The minimum Gasteiger partial charge on any atom is -0.478 e. The zero-order chi connectivity index (χ0) is 20.5. The van der Waals surface area contributed by atoms with Crippen molar-refractivity contribution in [1.29, 1.82) is 0 Å². The van der Waals surface area contributed by atoms with E-state index < -0.39 is 29.3 Å². The van der Waals surface area contributed by atoms with Gasteiger partial charge in [0.05, 0.1) is 16.9 Å². The Morgan fingerprint density at radius 1 is 1.33 bits per heavy atom. The first-order valence-corrected chi connectivity index (χ1v) is 8.15.